The van der Waals surface area contributed by atoms with Crippen molar-refractivity contribution < 1.29 is 68.1 Å². The number of benzene rings is 2. The topological polar surface area (TPSA) is 544 Å². The van der Waals surface area contributed by atoms with E-state index in [1.54, 1.807) is 74.5 Å². The van der Waals surface area contributed by atoms with Gasteiger partial charge in [0.2, 0.25) is 59.1 Å². The van der Waals surface area contributed by atoms with Crippen LogP contribution in [0.25, 0.3) is 0 Å². The Labute approximate surface area is 593 Å². The first-order chi connectivity index (χ1) is 48.6. The van der Waals surface area contributed by atoms with Crippen molar-refractivity contribution in [3.8, 4) is 0 Å². The molecular weight excluding hydrogens is 1320 g/mol. The van der Waals surface area contributed by atoms with Gasteiger partial charge in [-0.1, -0.05) is 74.5 Å². The summed E-state index contributed by atoms with van der Waals surface area (Å²) in [7, 11) is 0. The number of β-amino-alcohol motifs (C(OH)–C–C–N with tert-alkyl or cyclic N) is 1. The monoisotopic (exact) mass is 1420 g/mol. The second kappa shape index (κ2) is 38.4. The van der Waals surface area contributed by atoms with Gasteiger partial charge in [-0.3, -0.25) is 62.9 Å². The Kier molecular flexibility index (Phi) is 30.0. The van der Waals surface area contributed by atoms with Crippen molar-refractivity contribution in [2.45, 2.75) is 196 Å². The third-order valence-electron chi connectivity index (χ3n) is 19.5. The number of carboxylic acids is 1. The molecule has 560 valence electrons. The van der Waals surface area contributed by atoms with E-state index in [1.165, 1.54) is 24.2 Å². The molecule has 1 unspecified atom stereocenters. The quantitative estimate of drug-likeness (QED) is 0.0178. The fourth-order valence-corrected chi connectivity index (χ4v) is 15.3. The largest absolute Gasteiger partial charge is 0.480 e. The van der Waals surface area contributed by atoms with Gasteiger partial charge in [0.15, 0.2) is 17.9 Å². The van der Waals surface area contributed by atoms with Crippen molar-refractivity contribution in [2.75, 3.05) is 45.9 Å². The Hall–Kier alpha value is -9.66. The van der Waals surface area contributed by atoms with Gasteiger partial charge in [0.25, 0.3) is 0 Å². The maximum Gasteiger partial charge on any atom is 0.326 e. The van der Waals surface area contributed by atoms with Gasteiger partial charge in [-0.25, -0.2) is 4.79 Å². The van der Waals surface area contributed by atoms with Crippen LogP contribution in [0, 0.1) is 29.1 Å². The molecule has 10 amide bonds. The summed E-state index contributed by atoms with van der Waals surface area (Å²) in [5.41, 5.74) is 34.2. The summed E-state index contributed by atoms with van der Waals surface area (Å²) < 4.78 is 0. The lowest BCUT2D eigenvalue weighted by Gasteiger charge is -2.56. The molecular formula is C69H105N19O14. The molecule has 8 rings (SSSR count). The van der Waals surface area contributed by atoms with Crippen LogP contribution in [-0.2, 0) is 65.6 Å². The number of aliphatic hydroxyl groups excluding tert-OH is 2. The van der Waals surface area contributed by atoms with Gasteiger partial charge in [0.1, 0.15) is 54.4 Å². The number of nitrogens with zero attached hydrogens (tertiary/aromatic N) is 5. The van der Waals surface area contributed by atoms with Crippen LogP contribution in [0.15, 0.2) is 75.6 Å². The minimum atomic E-state index is -1.74. The Morgan fingerprint density at radius 1 is 0.539 bits per heavy atom. The number of carbonyl (C=O) groups is 11. The smallest absolute Gasteiger partial charge is 0.326 e. The number of nitrogens with two attached hydrogens (primary N) is 6. The molecule has 0 spiro atoms. The summed E-state index contributed by atoms with van der Waals surface area (Å²) in [6, 6.07) is 4.82. The van der Waals surface area contributed by atoms with E-state index in [9.17, 15) is 68.1 Å². The van der Waals surface area contributed by atoms with E-state index in [4.69, 9.17) is 34.4 Å². The SMILES string of the molecule is CC(C)C[C@H](NC(=O)[C@@H](Cc1ccccc1)NC(=O)[C@H](CO)NC(=O)[C@H](Cc1ccccc1)NC(=O)CNC(=O)[C@@H]1CC(O)CN1C(=O)[C@@H]1CCCN1C(=O)[C@H](CCCN=C(N)N)NC(=O)[C@@H](CCCN=C(N)N)NC(=O)CC12CC3CC(CC(C3)C1)C2)C(=O)N[C@@H](CCCN=C(N)N)C(=O)O. The first-order valence-electron chi connectivity index (χ1n) is 35.3. The highest BCUT2D eigenvalue weighted by Gasteiger charge is 2.52. The van der Waals surface area contributed by atoms with Crippen LogP contribution in [-0.4, -0.2) is 214 Å². The lowest BCUT2D eigenvalue weighted by Crippen LogP contribution is -2.60. The van der Waals surface area contributed by atoms with Gasteiger partial charge in [0.05, 0.1) is 19.3 Å². The Morgan fingerprint density at radius 2 is 0.980 bits per heavy atom. The highest BCUT2D eigenvalue weighted by molar-refractivity contribution is 5.99. The number of likely N-dealkylation sites (tertiary alicyclic amines) is 2. The van der Waals surface area contributed by atoms with Gasteiger partial charge in [0, 0.05) is 58.4 Å². The minimum Gasteiger partial charge on any atom is -0.480 e. The number of aliphatic imine (C=N–C) groups is 3. The maximum absolute atomic E-state index is 14.9. The van der Waals surface area contributed by atoms with E-state index < -0.39 is 133 Å². The van der Waals surface area contributed by atoms with Crippen LogP contribution >= 0.6 is 0 Å². The molecule has 0 radical (unpaired) electrons. The summed E-state index contributed by atoms with van der Waals surface area (Å²) >= 11 is 0. The highest BCUT2D eigenvalue weighted by atomic mass is 16.4. The minimum absolute atomic E-state index is 0.0217. The normalized spacial score (nSPS) is 22.2. The van der Waals surface area contributed by atoms with Crippen LogP contribution in [0.2, 0.25) is 0 Å². The Bertz CT molecular complexity index is 3290. The number of carboxylic acid groups (broad SMARTS) is 1. The molecule has 6 fully saturated rings. The molecule has 23 N–H and O–H groups in total. The number of nitrogens with one attached hydrogen (secondary N) is 8. The van der Waals surface area contributed by atoms with Crippen LogP contribution in [0.1, 0.15) is 134 Å². The van der Waals surface area contributed by atoms with Crippen LogP contribution in [0.4, 0.5) is 0 Å². The van der Waals surface area contributed by atoms with Crippen LogP contribution < -0.4 is 76.9 Å². The maximum atomic E-state index is 14.9. The second-order valence-corrected chi connectivity index (χ2v) is 28.3. The van der Waals surface area contributed by atoms with E-state index in [-0.39, 0.29) is 138 Å². The van der Waals surface area contributed by atoms with E-state index in [0.29, 0.717) is 41.7 Å². The molecule has 4 aliphatic carbocycles. The van der Waals surface area contributed by atoms with Crippen molar-refractivity contribution >= 4 is 82.9 Å². The summed E-state index contributed by atoms with van der Waals surface area (Å²) in [5, 5.41) is 52.7. The van der Waals surface area contributed by atoms with Gasteiger partial charge >= 0.3 is 5.97 Å². The molecule has 2 aromatic carbocycles. The zero-order valence-corrected chi connectivity index (χ0v) is 58.3. The Morgan fingerprint density at radius 3 is 1.49 bits per heavy atom. The summed E-state index contributed by atoms with van der Waals surface area (Å²) in [4.78, 5) is 169. The first-order valence-corrected chi connectivity index (χ1v) is 35.3. The first kappa shape index (κ1) is 79.7. The van der Waals surface area contributed by atoms with Gasteiger partial charge in [-0.2, -0.15) is 0 Å². The molecule has 2 saturated heterocycles. The average molecular weight is 1420 g/mol. The third-order valence-corrected chi connectivity index (χ3v) is 19.5. The fourth-order valence-electron chi connectivity index (χ4n) is 15.3. The predicted molar refractivity (Wildman–Crippen MR) is 377 cm³/mol. The van der Waals surface area contributed by atoms with Crippen molar-refractivity contribution in [2.24, 2.45) is 78.5 Å². The predicted octanol–water partition coefficient (Wildman–Crippen LogP) is -3.18. The zero-order valence-electron chi connectivity index (χ0n) is 58.3. The molecule has 33 heteroatoms. The number of rotatable bonds is 39. The lowest BCUT2D eigenvalue weighted by atomic mass is 9.49. The zero-order chi connectivity index (χ0) is 74.2. The summed E-state index contributed by atoms with van der Waals surface area (Å²) in [5.74, 6) is -7.88. The molecule has 2 aromatic rings. The summed E-state index contributed by atoms with van der Waals surface area (Å²) in [6.07, 6.45) is 6.42. The standard InChI is InChI=1S/C69H105N19O14/c1-39(2)25-49(58(94)83-48(65(101)102)19-11-23-78-68(74)75)84-60(96)51(30-41-15-7-4-8-16-41)85-61(97)52(38-89)86-59(95)50(29-40-13-5-3-6-14-40)81-56(92)36-79-62(98)54-31-45(90)37-88(54)64(100)53-20-12-24-87(53)63(99)47(18-10-22-77-67(72)73)82-57(93)46(17-9-21-76-66(70)71)80-55(91)35-69-32-42-26-43(33-69)28-44(27-42)34-69/h3-8,13-16,39,42-54,89-90H,9-12,17-38H2,1-2H3,(H,79,98)(H,80,91)(H,81,92)(H,82,93)(H,83,94)(H,84,96)(H,85,97)(H,86,95)(H,101,102)(H4,70,71,76)(H4,72,73,77)(H4,74,75,78)/t42?,43?,44?,45?,46-,47+,48+,49+,50+,51-,52+,53+,54+,69?/m1/s1. The molecule has 10 atom stereocenters. The number of aliphatic carboxylic acids is 1. The average Bonchev–Trinajstić information content (AvgIpc) is 0.878. The van der Waals surface area contributed by atoms with Gasteiger partial charge in [-0.15, -0.1) is 0 Å². The van der Waals surface area contributed by atoms with Gasteiger partial charge in [-0.05, 0) is 137 Å². The number of aliphatic hydroxyl groups is 2. The van der Waals surface area contributed by atoms with E-state index in [2.05, 4.69) is 57.5 Å². The van der Waals surface area contributed by atoms with E-state index in [0.717, 1.165) is 24.2 Å². The number of guanidine groups is 3. The molecule has 102 heavy (non-hydrogen) atoms. The number of hydrogen-bond donors (Lipinski definition) is 17. The van der Waals surface area contributed by atoms with E-state index >= 15 is 0 Å². The van der Waals surface area contributed by atoms with Crippen molar-refractivity contribution in [1.29, 1.82) is 0 Å². The molecule has 4 saturated carbocycles. The van der Waals surface area contributed by atoms with E-state index in [1.807, 2.05) is 0 Å². The van der Waals surface area contributed by atoms with Crippen LogP contribution in [0.5, 0.6) is 0 Å². The molecule has 4 bridgehead atoms. The number of amides is 10. The van der Waals surface area contributed by atoms with Crippen LogP contribution in [0.3, 0.4) is 0 Å². The molecule has 2 heterocycles. The molecule has 6 aliphatic rings. The number of carbonyl (C=O) groups excluding carboxylic acids is 10. The Balaban J connectivity index is 1.00. The number of hydrogen-bond acceptors (Lipinski definition) is 16. The van der Waals surface area contributed by atoms with Gasteiger partial charge < -0.3 is 102 Å². The van der Waals surface area contributed by atoms with Crippen molar-refractivity contribution in [1.82, 2.24) is 52.3 Å². The molecule has 2 aliphatic heterocycles. The molecule has 0 aromatic heterocycles. The second-order valence-electron chi connectivity index (χ2n) is 28.3. The lowest BCUT2D eigenvalue weighted by molar-refractivity contribution is -0.148. The fraction of sp³-hybridized carbons (Fsp3) is 0.623. The summed E-state index contributed by atoms with van der Waals surface area (Å²) in [6.45, 7) is 1.94. The van der Waals surface area contributed by atoms with Crippen molar-refractivity contribution in [3.63, 3.8) is 0 Å². The molecule has 33 nitrogen and oxygen atoms in total. The van der Waals surface area contributed by atoms with Crippen molar-refractivity contribution in [3.05, 3.63) is 71.8 Å². The highest BCUT2D eigenvalue weighted by Crippen LogP contribution is 2.61. The third kappa shape index (κ3) is 24.3.